The third-order valence-electron chi connectivity index (χ3n) is 3.19. The molecule has 0 aliphatic heterocycles. The third kappa shape index (κ3) is 4.87. The Kier molecular flexibility index (Phi) is 6.39. The Labute approximate surface area is 123 Å². The molecule has 0 fully saturated rings. The van der Waals surface area contributed by atoms with E-state index in [0.717, 1.165) is 13.1 Å². The van der Waals surface area contributed by atoms with Gasteiger partial charge in [0.25, 0.3) is 5.91 Å². The predicted molar refractivity (Wildman–Crippen MR) is 75.9 cm³/mol. The molecule has 1 aromatic rings. The van der Waals surface area contributed by atoms with E-state index >= 15 is 0 Å². The summed E-state index contributed by atoms with van der Waals surface area (Å²) in [6.07, 6.45) is -1.20. The van der Waals surface area contributed by atoms with Crippen LogP contribution in [0.25, 0.3) is 0 Å². The van der Waals surface area contributed by atoms with Gasteiger partial charge in [-0.05, 0) is 32.1 Å². The number of hydrogen-bond donors (Lipinski definition) is 3. The van der Waals surface area contributed by atoms with Crippen LogP contribution in [0.3, 0.4) is 0 Å². The number of furan rings is 1. The van der Waals surface area contributed by atoms with Gasteiger partial charge in [-0.1, -0.05) is 13.8 Å². The maximum absolute atomic E-state index is 11.9. The van der Waals surface area contributed by atoms with Crippen LogP contribution < -0.4 is 5.32 Å². The number of aliphatic hydroxyl groups is 1. The summed E-state index contributed by atoms with van der Waals surface area (Å²) in [6, 6.07) is 1.81. The highest BCUT2D eigenvalue weighted by Crippen LogP contribution is 2.11. The van der Waals surface area contributed by atoms with E-state index in [4.69, 9.17) is 9.52 Å². The first-order chi connectivity index (χ1) is 9.88. The molecule has 0 bridgehead atoms. The van der Waals surface area contributed by atoms with E-state index in [1.54, 1.807) is 6.07 Å². The number of carboxylic acids is 1. The number of carboxylic acid groups (broad SMARTS) is 1. The second-order valence-corrected chi connectivity index (χ2v) is 4.76. The van der Waals surface area contributed by atoms with Crippen molar-refractivity contribution in [1.29, 1.82) is 0 Å². The van der Waals surface area contributed by atoms with Gasteiger partial charge in [0.05, 0.1) is 12.6 Å². The number of hydrogen-bond acceptors (Lipinski definition) is 5. The summed E-state index contributed by atoms with van der Waals surface area (Å²) < 4.78 is 5.41. The molecule has 0 aromatic carbocycles. The zero-order valence-electron chi connectivity index (χ0n) is 12.5. The summed E-state index contributed by atoms with van der Waals surface area (Å²) in [5.41, 5.74) is 0. The number of nitrogens with one attached hydrogen (secondary N) is 1. The lowest BCUT2D eigenvalue weighted by Crippen LogP contribution is -2.47. The fourth-order valence-corrected chi connectivity index (χ4v) is 1.85. The Morgan fingerprint density at radius 3 is 2.43 bits per heavy atom. The topological polar surface area (TPSA) is 103 Å². The number of carbonyl (C=O) groups excluding carboxylic acids is 1. The molecule has 7 heteroatoms. The van der Waals surface area contributed by atoms with Crippen molar-refractivity contribution >= 4 is 11.9 Å². The minimum atomic E-state index is -1.37. The number of aliphatic hydroxyl groups excluding tert-OH is 1. The van der Waals surface area contributed by atoms with Gasteiger partial charge in [0.2, 0.25) is 0 Å². The SMILES string of the molecule is CCN(CC)Cc1ccc(C(=O)N[C@H](C(=O)O)[C@@H](C)O)o1. The summed E-state index contributed by atoms with van der Waals surface area (Å²) >= 11 is 0. The molecule has 118 valence electrons. The fraction of sp³-hybridized carbons (Fsp3) is 0.571. The molecule has 0 unspecified atom stereocenters. The Morgan fingerprint density at radius 1 is 1.33 bits per heavy atom. The van der Waals surface area contributed by atoms with Crippen molar-refractivity contribution in [3.8, 4) is 0 Å². The highest BCUT2D eigenvalue weighted by atomic mass is 16.4. The van der Waals surface area contributed by atoms with Crippen LogP contribution in [0.5, 0.6) is 0 Å². The van der Waals surface area contributed by atoms with Crippen LogP contribution >= 0.6 is 0 Å². The van der Waals surface area contributed by atoms with Gasteiger partial charge in [-0.25, -0.2) is 4.79 Å². The number of carbonyl (C=O) groups is 2. The zero-order chi connectivity index (χ0) is 16.0. The molecule has 7 nitrogen and oxygen atoms in total. The third-order valence-corrected chi connectivity index (χ3v) is 3.19. The first-order valence-corrected chi connectivity index (χ1v) is 6.91. The summed E-state index contributed by atoms with van der Waals surface area (Å²) in [5.74, 6) is -1.29. The molecule has 0 saturated carbocycles. The quantitative estimate of drug-likeness (QED) is 0.652. The average molecular weight is 298 g/mol. The highest BCUT2D eigenvalue weighted by molar-refractivity contribution is 5.94. The van der Waals surface area contributed by atoms with Gasteiger partial charge in [-0.3, -0.25) is 9.69 Å². The molecule has 2 atom stereocenters. The van der Waals surface area contributed by atoms with Crippen LogP contribution in [-0.4, -0.2) is 52.2 Å². The van der Waals surface area contributed by atoms with Crippen LogP contribution in [0.15, 0.2) is 16.5 Å². The zero-order valence-corrected chi connectivity index (χ0v) is 12.5. The monoisotopic (exact) mass is 298 g/mol. The summed E-state index contributed by atoms with van der Waals surface area (Å²) in [7, 11) is 0. The van der Waals surface area contributed by atoms with Gasteiger partial charge < -0.3 is 19.9 Å². The van der Waals surface area contributed by atoms with Crippen LogP contribution in [0.4, 0.5) is 0 Å². The molecule has 21 heavy (non-hydrogen) atoms. The van der Waals surface area contributed by atoms with Gasteiger partial charge in [0, 0.05) is 0 Å². The molecule has 3 N–H and O–H groups in total. The molecule has 1 rings (SSSR count). The van der Waals surface area contributed by atoms with E-state index < -0.39 is 24.0 Å². The van der Waals surface area contributed by atoms with Gasteiger partial charge in [0.15, 0.2) is 11.8 Å². The summed E-state index contributed by atoms with van der Waals surface area (Å²) in [5, 5.41) is 20.5. The molecule has 1 aromatic heterocycles. The number of aliphatic carboxylic acids is 1. The van der Waals surface area contributed by atoms with E-state index in [-0.39, 0.29) is 5.76 Å². The van der Waals surface area contributed by atoms with E-state index in [0.29, 0.717) is 12.3 Å². The normalized spacial score (nSPS) is 14.0. The molecule has 0 aliphatic carbocycles. The minimum Gasteiger partial charge on any atom is -0.480 e. The second-order valence-electron chi connectivity index (χ2n) is 4.76. The van der Waals surface area contributed by atoms with E-state index in [1.807, 2.05) is 13.8 Å². The number of amides is 1. The Morgan fingerprint density at radius 2 is 1.95 bits per heavy atom. The smallest absolute Gasteiger partial charge is 0.328 e. The van der Waals surface area contributed by atoms with Crippen LogP contribution in [0.1, 0.15) is 37.1 Å². The standard InChI is InChI=1S/C14H22N2O5/c1-4-16(5-2)8-10-6-7-11(21-10)13(18)15-12(9(3)17)14(19)20/h6-7,9,12,17H,4-5,8H2,1-3H3,(H,15,18)(H,19,20)/t9-,12+/m1/s1. The first-order valence-electron chi connectivity index (χ1n) is 6.91. The lowest BCUT2D eigenvalue weighted by atomic mass is 10.2. The van der Waals surface area contributed by atoms with Gasteiger partial charge in [-0.2, -0.15) is 0 Å². The Bertz CT molecular complexity index is 479. The molecule has 1 heterocycles. The Balaban J connectivity index is 2.71. The molecular weight excluding hydrogens is 276 g/mol. The lowest BCUT2D eigenvalue weighted by Gasteiger charge is -2.16. The van der Waals surface area contributed by atoms with Crippen molar-refractivity contribution in [2.24, 2.45) is 0 Å². The minimum absolute atomic E-state index is 0.0315. The molecule has 0 saturated heterocycles. The van der Waals surface area contributed by atoms with E-state index in [9.17, 15) is 14.7 Å². The molecule has 0 radical (unpaired) electrons. The Hall–Kier alpha value is -1.86. The van der Waals surface area contributed by atoms with Crippen LogP contribution in [0, 0.1) is 0 Å². The van der Waals surface area contributed by atoms with Crippen LogP contribution in [0.2, 0.25) is 0 Å². The van der Waals surface area contributed by atoms with Gasteiger partial charge in [0.1, 0.15) is 5.76 Å². The molecule has 0 aliphatic rings. The summed E-state index contributed by atoms with van der Waals surface area (Å²) in [4.78, 5) is 25.0. The molecule has 0 spiro atoms. The van der Waals surface area contributed by atoms with E-state index in [1.165, 1.54) is 13.0 Å². The van der Waals surface area contributed by atoms with Crippen molar-refractivity contribution in [2.45, 2.75) is 39.5 Å². The summed E-state index contributed by atoms with van der Waals surface area (Å²) in [6.45, 7) is 7.66. The average Bonchev–Trinajstić information content (AvgIpc) is 2.89. The van der Waals surface area contributed by atoms with Crippen molar-refractivity contribution in [1.82, 2.24) is 10.2 Å². The molecular formula is C14H22N2O5. The predicted octanol–water partition coefficient (Wildman–Crippen LogP) is 0.685. The van der Waals surface area contributed by atoms with Gasteiger partial charge >= 0.3 is 5.97 Å². The largest absolute Gasteiger partial charge is 0.480 e. The van der Waals surface area contributed by atoms with Crippen molar-refractivity contribution < 1.29 is 24.2 Å². The van der Waals surface area contributed by atoms with Crippen LogP contribution in [-0.2, 0) is 11.3 Å². The maximum atomic E-state index is 11.9. The molecule has 1 amide bonds. The van der Waals surface area contributed by atoms with Crippen molar-refractivity contribution in [2.75, 3.05) is 13.1 Å². The number of rotatable bonds is 8. The number of nitrogens with zero attached hydrogens (tertiary/aromatic N) is 1. The van der Waals surface area contributed by atoms with Crippen molar-refractivity contribution in [3.05, 3.63) is 23.7 Å². The van der Waals surface area contributed by atoms with Crippen molar-refractivity contribution in [3.63, 3.8) is 0 Å². The highest BCUT2D eigenvalue weighted by Gasteiger charge is 2.26. The second kappa shape index (κ2) is 7.80. The lowest BCUT2D eigenvalue weighted by molar-refractivity contribution is -0.141. The van der Waals surface area contributed by atoms with Gasteiger partial charge in [-0.15, -0.1) is 0 Å². The maximum Gasteiger partial charge on any atom is 0.328 e. The fourth-order valence-electron chi connectivity index (χ4n) is 1.85. The van der Waals surface area contributed by atoms with E-state index in [2.05, 4.69) is 10.2 Å². The first kappa shape index (κ1) is 17.2.